The molecule has 3 N–H and O–H groups in total. The van der Waals surface area contributed by atoms with Gasteiger partial charge in [0.2, 0.25) is 27.7 Å². The van der Waals surface area contributed by atoms with Gasteiger partial charge in [-0.05, 0) is 127 Å². The van der Waals surface area contributed by atoms with Gasteiger partial charge in [0, 0.05) is 28.7 Å². The number of fused-ring (bicyclic) bond motifs is 3. The molecule has 2 aliphatic carbocycles. The van der Waals surface area contributed by atoms with Crippen LogP contribution in [0.2, 0.25) is 0 Å². The average molecular weight is 986 g/mol. The van der Waals surface area contributed by atoms with Crippen molar-refractivity contribution in [3.8, 4) is 34.4 Å². The van der Waals surface area contributed by atoms with Crippen LogP contribution in [0, 0.1) is 17.8 Å². The number of nitrogens with zero attached hydrogens (tertiary/aromatic N) is 3. The Morgan fingerprint density at radius 2 is 1.67 bits per heavy atom. The molecule has 376 valence electrons. The first-order chi connectivity index (χ1) is 32.3. The molecule has 2 aromatic carbocycles. The van der Waals surface area contributed by atoms with Crippen molar-refractivity contribution in [1.82, 2.24) is 24.8 Å². The van der Waals surface area contributed by atoms with Gasteiger partial charge in [-0.1, -0.05) is 26.0 Å². The summed E-state index contributed by atoms with van der Waals surface area (Å²) in [5.41, 5.74) is -3.89. The Balaban J connectivity index is 1.34. The molecule has 20 heteroatoms. The lowest BCUT2D eigenvalue weighted by Gasteiger charge is -2.45. The molecule has 4 aliphatic rings. The second-order valence-corrected chi connectivity index (χ2v) is 22.2. The van der Waals surface area contributed by atoms with Crippen molar-refractivity contribution >= 4 is 44.6 Å². The molecule has 3 fully saturated rings. The van der Waals surface area contributed by atoms with E-state index in [0.717, 1.165) is 4.90 Å². The number of hydrogen-bond acceptors (Lipinski definition) is 11. The quantitative estimate of drug-likeness (QED) is 0.150. The number of carbonyl (C=O) groups excluding carboxylic acids is 3. The third-order valence-corrected chi connectivity index (χ3v) is 16.3. The van der Waals surface area contributed by atoms with Crippen LogP contribution in [0.4, 0.5) is 18.0 Å². The van der Waals surface area contributed by atoms with Gasteiger partial charge in [0.05, 0.1) is 31.6 Å². The summed E-state index contributed by atoms with van der Waals surface area (Å²) < 4.78 is 96.6. The van der Waals surface area contributed by atoms with Crippen LogP contribution >= 0.6 is 0 Å². The molecule has 7 atom stereocenters. The van der Waals surface area contributed by atoms with Crippen LogP contribution in [0.25, 0.3) is 22.0 Å². The zero-order valence-corrected chi connectivity index (χ0v) is 41.1. The molecule has 7 rings (SSSR count). The minimum atomic E-state index is -5.13. The molecule has 69 heavy (non-hydrogen) atoms. The second-order valence-electron chi connectivity index (χ2n) is 20.0. The maximum atomic E-state index is 15.3. The minimum Gasteiger partial charge on any atom is -0.497 e. The van der Waals surface area contributed by atoms with Gasteiger partial charge in [-0.15, -0.1) is 0 Å². The summed E-state index contributed by atoms with van der Waals surface area (Å²) in [6.45, 7) is 9.63. The molecule has 4 amide bonds. The van der Waals surface area contributed by atoms with E-state index >= 15 is 4.79 Å². The number of hydrogen-bond donors (Lipinski definition) is 3. The van der Waals surface area contributed by atoms with Crippen molar-refractivity contribution in [2.24, 2.45) is 17.8 Å². The summed E-state index contributed by atoms with van der Waals surface area (Å²) in [7, 11) is -1.18. The summed E-state index contributed by atoms with van der Waals surface area (Å²) in [6, 6.07) is 8.71. The Morgan fingerprint density at radius 1 is 1.00 bits per heavy atom. The van der Waals surface area contributed by atoms with Crippen molar-refractivity contribution in [2.45, 2.75) is 140 Å². The summed E-state index contributed by atoms with van der Waals surface area (Å²) in [5.74, 6) is -3.32. The van der Waals surface area contributed by atoms with E-state index in [1.807, 2.05) is 20.8 Å². The molecule has 0 unspecified atom stereocenters. The van der Waals surface area contributed by atoms with E-state index in [1.165, 1.54) is 28.1 Å². The fourth-order valence-electron chi connectivity index (χ4n) is 9.56. The highest BCUT2D eigenvalue weighted by Crippen LogP contribution is 2.49. The predicted molar refractivity (Wildman–Crippen MR) is 249 cm³/mol. The molecule has 3 aromatic rings. The number of nitrogens with one attached hydrogen (secondary N) is 2. The number of carbonyl (C=O) groups is 4. The number of halogens is 3. The van der Waals surface area contributed by atoms with Crippen molar-refractivity contribution in [2.75, 3.05) is 20.8 Å². The van der Waals surface area contributed by atoms with Crippen LogP contribution in [-0.4, -0.2) is 119 Å². The fourth-order valence-corrected chi connectivity index (χ4v) is 10.9. The predicted octanol–water partition coefficient (Wildman–Crippen LogP) is 7.63. The van der Waals surface area contributed by atoms with Crippen molar-refractivity contribution < 1.29 is 64.8 Å². The molecule has 0 bridgehead atoms. The zero-order chi connectivity index (χ0) is 50.6. The second kappa shape index (κ2) is 18.8. The number of amides is 4. The number of aromatic nitrogens is 1. The van der Waals surface area contributed by atoms with Gasteiger partial charge in [0.15, 0.2) is 5.75 Å². The molecule has 2 aliphatic heterocycles. The third-order valence-electron chi connectivity index (χ3n) is 14.1. The smallest absolute Gasteiger partial charge is 0.411 e. The first kappa shape index (κ1) is 51.1. The average Bonchev–Trinajstić information content (AvgIpc) is 4.15. The Hall–Kier alpha value is -5.79. The van der Waals surface area contributed by atoms with Gasteiger partial charge in [-0.2, -0.15) is 13.2 Å². The first-order valence-electron chi connectivity index (χ1n) is 23.2. The fraction of sp³-hybridized carbons (Fsp3) is 0.571. The van der Waals surface area contributed by atoms with Crippen molar-refractivity contribution in [1.29, 1.82) is 0 Å². The third kappa shape index (κ3) is 10.00. The van der Waals surface area contributed by atoms with Crippen LogP contribution in [0.1, 0.15) is 93.4 Å². The Labute approximate surface area is 400 Å². The van der Waals surface area contributed by atoms with Gasteiger partial charge in [0.25, 0.3) is 5.91 Å². The normalized spacial score (nSPS) is 26.2. The maximum absolute atomic E-state index is 15.3. The van der Waals surface area contributed by atoms with Gasteiger partial charge in [0.1, 0.15) is 46.5 Å². The lowest BCUT2D eigenvalue weighted by atomic mass is 9.85. The van der Waals surface area contributed by atoms with Crippen LogP contribution in [-0.2, 0) is 24.4 Å². The largest absolute Gasteiger partial charge is 0.497 e. The first-order valence-corrected chi connectivity index (χ1v) is 24.7. The summed E-state index contributed by atoms with van der Waals surface area (Å²) >= 11 is 0. The SMILES string of the molecule is COc1ccc2c(O[C@@H]3C[C@H]4C(=O)N[C@]5(C(=O)NS(=O)(=O)C6(C)CC6)C[C@H]5C=CCC[C@@H](C)C[C@@H](C)[C@H](N(C(=O)O)C(C)(C)C(F)(F)F)C(=O)N4C3)nc(-c3ccc(OC(C)C)cc3)c(OC)c2c1. The lowest BCUT2D eigenvalue weighted by molar-refractivity contribution is -0.222. The van der Waals surface area contributed by atoms with Gasteiger partial charge in [-0.25, -0.2) is 18.2 Å². The molecule has 0 radical (unpaired) electrons. The Morgan fingerprint density at radius 3 is 2.26 bits per heavy atom. The number of allylic oxidation sites excluding steroid dienone is 1. The highest BCUT2D eigenvalue weighted by Gasteiger charge is 2.64. The number of ether oxygens (including phenoxy) is 4. The maximum Gasteiger partial charge on any atom is 0.411 e. The summed E-state index contributed by atoms with van der Waals surface area (Å²) in [4.78, 5) is 63.7. The molecule has 1 aromatic heterocycles. The molecule has 0 spiro atoms. The van der Waals surface area contributed by atoms with Crippen LogP contribution < -0.4 is 29.0 Å². The highest BCUT2D eigenvalue weighted by molar-refractivity contribution is 7.91. The zero-order valence-electron chi connectivity index (χ0n) is 40.3. The van der Waals surface area contributed by atoms with E-state index in [2.05, 4.69) is 10.0 Å². The van der Waals surface area contributed by atoms with E-state index in [9.17, 15) is 41.1 Å². The number of rotatable bonds is 12. The van der Waals surface area contributed by atoms with E-state index in [-0.39, 0.29) is 42.1 Å². The van der Waals surface area contributed by atoms with Crippen LogP contribution in [0.3, 0.4) is 0 Å². The molecule has 1 saturated heterocycles. The number of carboxylic acid groups (broad SMARTS) is 1. The van der Waals surface area contributed by atoms with Crippen LogP contribution in [0.5, 0.6) is 23.1 Å². The van der Waals surface area contributed by atoms with E-state index in [1.54, 1.807) is 54.6 Å². The number of benzene rings is 2. The molecule has 16 nitrogen and oxygen atoms in total. The minimum absolute atomic E-state index is 0.0221. The van der Waals surface area contributed by atoms with Crippen molar-refractivity contribution in [3.05, 3.63) is 54.6 Å². The van der Waals surface area contributed by atoms with Gasteiger partial charge in [-0.3, -0.25) is 24.0 Å². The van der Waals surface area contributed by atoms with E-state index in [4.69, 9.17) is 23.9 Å². The number of pyridine rings is 1. The lowest BCUT2D eigenvalue weighted by Crippen LogP contribution is -2.66. The summed E-state index contributed by atoms with van der Waals surface area (Å²) in [5, 5.41) is 14.4. The number of sulfonamides is 1. The van der Waals surface area contributed by atoms with Crippen molar-refractivity contribution in [3.63, 3.8) is 0 Å². The number of alkyl halides is 3. The van der Waals surface area contributed by atoms with Crippen LogP contribution in [0.15, 0.2) is 54.6 Å². The Kier molecular flexibility index (Phi) is 13.9. The molecular weight excluding hydrogens is 924 g/mol. The monoisotopic (exact) mass is 985 g/mol. The molecular formula is C49H62F3N5O11S. The molecule has 3 heterocycles. The topological polar surface area (TPSA) is 203 Å². The van der Waals surface area contributed by atoms with Gasteiger partial charge < -0.3 is 34.3 Å². The highest BCUT2D eigenvalue weighted by atomic mass is 32.2. The summed E-state index contributed by atoms with van der Waals surface area (Å²) in [6.07, 6.45) is -3.30. The number of methoxy groups -OCH3 is 2. The molecule has 2 saturated carbocycles. The van der Waals surface area contributed by atoms with Gasteiger partial charge >= 0.3 is 12.3 Å². The standard InChI is InChI=1S/C49H62F3N5O11S/c1-27(2)67-32-16-14-30(15-17-32)38-40(66-9)36-23-33(65-8)18-19-35(36)42(53-38)68-34-24-37-41(58)54-48(44(60)55-69(63,64)47(7)20-21-47)25-31(48)13-11-10-12-28(3)22-29(4)39(43(59)56(37)26-34)57(45(61)62)46(5,6)49(50,51)52/h11,13-19,23,27-29,31,34,37,39H,10,12,20-22,24-26H2,1-9H3,(H,54,58)(H,55,60)(H,61,62)/t28-,29-,31-,34-,37+,39+,48-/m1/s1. The van der Waals surface area contributed by atoms with E-state index in [0.29, 0.717) is 78.8 Å². The van der Waals surface area contributed by atoms with E-state index < -0.39 is 92.4 Å². The Bertz CT molecular complexity index is 2620.